The third-order valence-electron chi connectivity index (χ3n) is 8.26. The van der Waals surface area contributed by atoms with Crippen LogP contribution in [0.4, 0.5) is 0 Å². The van der Waals surface area contributed by atoms with Crippen LogP contribution in [0.1, 0.15) is 75.7 Å². The molecular weight excluding hydrogens is 599 g/mol. The van der Waals surface area contributed by atoms with Gasteiger partial charge in [0.25, 0.3) is 5.56 Å². The van der Waals surface area contributed by atoms with Crippen LogP contribution in [0.15, 0.2) is 69.0 Å². The molecule has 0 amide bonds. The molecule has 0 radical (unpaired) electrons. The van der Waals surface area contributed by atoms with Crippen molar-refractivity contribution in [2.24, 2.45) is 0 Å². The van der Waals surface area contributed by atoms with Crippen molar-refractivity contribution in [3.05, 3.63) is 92.6 Å². The van der Waals surface area contributed by atoms with Gasteiger partial charge in [0, 0.05) is 23.6 Å². The monoisotopic (exact) mass is 638 g/mol. The number of hydrogen-bond acceptors (Lipinski definition) is 8. The molecule has 2 aromatic carbocycles. The van der Waals surface area contributed by atoms with Crippen LogP contribution < -0.4 is 11.3 Å². The molecule has 0 spiro atoms. The zero-order valence-corrected chi connectivity index (χ0v) is 25.3. The number of benzene rings is 2. The summed E-state index contributed by atoms with van der Waals surface area (Å²) < 4.78 is 14.4. The molecule has 0 saturated heterocycles. The van der Waals surface area contributed by atoms with Gasteiger partial charge in [-0.1, -0.05) is 67.0 Å². The Kier molecular flexibility index (Phi) is 10.7. The number of aromatic amines is 1. The third kappa shape index (κ3) is 7.48. The van der Waals surface area contributed by atoms with E-state index in [4.69, 9.17) is 9.26 Å². The molecule has 1 saturated carbocycles. The fourth-order valence-electron chi connectivity index (χ4n) is 6.16. The van der Waals surface area contributed by atoms with Crippen LogP contribution in [0, 0.1) is 0 Å². The third-order valence-corrected chi connectivity index (χ3v) is 8.26. The first-order chi connectivity index (χ1) is 21.2. The SMILES string of the molecule is CCCc1c(Cc2ccc(-c3ccccc3-c3noc(=O)[nH]3)cc2)c(=O)n(C2CCC(OCC(C)(C)O)CC2)c2ncnn12.[KH]. The first-order valence-electron chi connectivity index (χ1n) is 15.3. The number of nitrogens with one attached hydrogen (secondary N) is 1. The van der Waals surface area contributed by atoms with E-state index in [1.165, 1.54) is 6.33 Å². The molecule has 3 aromatic heterocycles. The minimum absolute atomic E-state index is 0. The number of fused-ring (bicyclic) bond motifs is 1. The van der Waals surface area contributed by atoms with Crippen LogP contribution in [0.3, 0.4) is 0 Å². The molecule has 0 unspecified atom stereocenters. The van der Waals surface area contributed by atoms with Crippen molar-refractivity contribution < 1.29 is 14.4 Å². The number of nitrogens with zero attached hydrogens (tertiary/aromatic N) is 5. The second-order valence-corrected chi connectivity index (χ2v) is 12.2. The molecule has 45 heavy (non-hydrogen) atoms. The van der Waals surface area contributed by atoms with Gasteiger partial charge in [-0.25, -0.2) is 9.31 Å². The first kappa shape index (κ1) is 33.6. The van der Waals surface area contributed by atoms with Crippen LogP contribution in [0.5, 0.6) is 0 Å². The van der Waals surface area contributed by atoms with Crippen molar-refractivity contribution in [3.63, 3.8) is 0 Å². The molecule has 1 fully saturated rings. The zero-order chi connectivity index (χ0) is 30.8. The van der Waals surface area contributed by atoms with Gasteiger partial charge >= 0.3 is 57.1 Å². The summed E-state index contributed by atoms with van der Waals surface area (Å²) in [6, 6.07) is 15.8. The Balaban J connectivity index is 0.00000400. The van der Waals surface area contributed by atoms with Gasteiger partial charge in [-0.05, 0) is 62.6 Å². The van der Waals surface area contributed by atoms with Crippen LogP contribution >= 0.6 is 0 Å². The van der Waals surface area contributed by atoms with Gasteiger partial charge in [0.2, 0.25) is 5.78 Å². The number of aromatic nitrogens is 6. The Labute approximate surface area is 303 Å². The summed E-state index contributed by atoms with van der Waals surface area (Å²) in [5, 5.41) is 18.5. The zero-order valence-electron chi connectivity index (χ0n) is 25.3. The van der Waals surface area contributed by atoms with E-state index in [0.29, 0.717) is 24.4 Å². The summed E-state index contributed by atoms with van der Waals surface area (Å²) in [6.07, 6.45) is 6.84. The maximum absolute atomic E-state index is 14.3. The van der Waals surface area contributed by atoms with Crippen LogP contribution in [0.2, 0.25) is 0 Å². The topological polar surface area (TPSA) is 141 Å². The van der Waals surface area contributed by atoms with Crippen molar-refractivity contribution in [2.45, 2.75) is 83.5 Å². The minimum atomic E-state index is -0.871. The standard InChI is InChI=1S/C33H38N6O5.K.H/c1-4-7-28-27(18-21-10-12-22(13-11-21)25-8-5-6-9-26(25)29-36-32(41)44-37-29)30(40)38(31-34-20-35-39(28)31)23-14-16-24(17-15-23)43-19-33(2,3)42;;/h5-6,8-13,20,23-24,42H,4,7,14-19H2,1-3H3,(H,36,37,41);;. The number of ether oxygens (including phenoxy) is 1. The molecule has 5 aromatic rings. The number of H-pyrrole nitrogens is 1. The molecule has 6 rings (SSSR count). The molecule has 1 aliphatic carbocycles. The summed E-state index contributed by atoms with van der Waals surface area (Å²) in [4.78, 5) is 33.0. The van der Waals surface area contributed by atoms with E-state index in [1.807, 2.05) is 57.6 Å². The van der Waals surface area contributed by atoms with E-state index in [9.17, 15) is 14.7 Å². The average molecular weight is 639 g/mol. The Morgan fingerprint density at radius 2 is 1.76 bits per heavy atom. The van der Waals surface area contributed by atoms with Crippen molar-refractivity contribution in [1.29, 1.82) is 0 Å². The van der Waals surface area contributed by atoms with Crippen molar-refractivity contribution >= 4 is 57.2 Å². The maximum atomic E-state index is 14.3. The number of rotatable bonds is 10. The predicted molar refractivity (Wildman–Crippen MR) is 173 cm³/mol. The molecule has 11 nitrogen and oxygen atoms in total. The normalized spacial score (nSPS) is 17.0. The van der Waals surface area contributed by atoms with Gasteiger partial charge in [-0.15, -0.1) is 0 Å². The van der Waals surface area contributed by atoms with Gasteiger partial charge in [0.15, 0.2) is 5.82 Å². The average Bonchev–Trinajstić information content (AvgIpc) is 3.68. The van der Waals surface area contributed by atoms with Gasteiger partial charge in [-0.2, -0.15) is 10.1 Å². The Morgan fingerprint density at radius 1 is 1.04 bits per heavy atom. The van der Waals surface area contributed by atoms with Gasteiger partial charge in [-0.3, -0.25) is 18.9 Å². The Morgan fingerprint density at radius 3 is 2.40 bits per heavy atom. The number of aryl methyl sites for hydroxylation is 1. The molecule has 3 heterocycles. The number of hydrogen-bond donors (Lipinski definition) is 2. The van der Waals surface area contributed by atoms with Crippen LogP contribution in [-0.2, 0) is 17.6 Å². The fraction of sp³-hybridized carbons (Fsp3) is 0.424. The number of aliphatic hydroxyl groups is 1. The molecule has 232 valence electrons. The Bertz CT molecular complexity index is 1860. The molecule has 1 aliphatic rings. The molecule has 0 bridgehead atoms. The summed E-state index contributed by atoms with van der Waals surface area (Å²) in [6.45, 7) is 5.87. The molecule has 12 heteroatoms. The van der Waals surface area contributed by atoms with E-state index < -0.39 is 11.4 Å². The molecule has 0 aliphatic heterocycles. The summed E-state index contributed by atoms with van der Waals surface area (Å²) in [7, 11) is 0. The molecular formula is C33H39KN6O5. The summed E-state index contributed by atoms with van der Waals surface area (Å²) in [5.41, 5.74) is 4.37. The van der Waals surface area contributed by atoms with Gasteiger partial charge < -0.3 is 9.84 Å². The predicted octanol–water partition coefficient (Wildman–Crippen LogP) is 4.07. The van der Waals surface area contributed by atoms with Crippen molar-refractivity contribution in [3.8, 4) is 22.5 Å². The second kappa shape index (κ2) is 14.4. The molecule has 0 atom stereocenters. The first-order valence-corrected chi connectivity index (χ1v) is 15.3. The van der Waals surface area contributed by atoms with Gasteiger partial charge in [0.1, 0.15) is 6.33 Å². The van der Waals surface area contributed by atoms with Crippen LogP contribution in [0.25, 0.3) is 28.3 Å². The second-order valence-electron chi connectivity index (χ2n) is 12.2. The van der Waals surface area contributed by atoms with Crippen LogP contribution in [-0.4, -0.2) is 104 Å². The van der Waals surface area contributed by atoms with E-state index >= 15 is 0 Å². The van der Waals surface area contributed by atoms with Crippen molar-refractivity contribution in [2.75, 3.05) is 6.61 Å². The van der Waals surface area contributed by atoms with E-state index in [-0.39, 0.29) is 75.7 Å². The van der Waals surface area contributed by atoms with E-state index in [0.717, 1.165) is 65.6 Å². The molecule has 2 N–H and O–H groups in total. The summed E-state index contributed by atoms with van der Waals surface area (Å²) in [5.74, 6) is 0.356. The fourth-order valence-corrected chi connectivity index (χ4v) is 6.16. The van der Waals surface area contributed by atoms with Crippen molar-refractivity contribution in [1.82, 2.24) is 29.3 Å². The van der Waals surface area contributed by atoms with E-state index in [1.54, 1.807) is 13.8 Å². The quantitative estimate of drug-likeness (QED) is 0.218. The summed E-state index contributed by atoms with van der Waals surface area (Å²) >= 11 is 0. The Hall–Kier alpha value is -2.71. The van der Waals surface area contributed by atoms with Gasteiger partial charge in [0.05, 0.1) is 24.0 Å². The van der Waals surface area contributed by atoms with E-state index in [2.05, 4.69) is 27.1 Å².